The fourth-order valence-corrected chi connectivity index (χ4v) is 8.79. The molecule has 0 N–H and O–H groups in total. The van der Waals surface area contributed by atoms with Crippen LogP contribution in [0.5, 0.6) is 0 Å². The number of hydrogen-bond donors (Lipinski definition) is 0. The summed E-state index contributed by atoms with van der Waals surface area (Å²) in [5.41, 5.74) is 13.4. The minimum absolute atomic E-state index is 0.00230. The highest BCUT2D eigenvalue weighted by Crippen LogP contribution is 2.53. The van der Waals surface area contributed by atoms with Crippen LogP contribution in [0.2, 0.25) is 0 Å². The average Bonchev–Trinajstić information content (AvgIpc) is 3.65. The number of aryl methyl sites for hydroxylation is 2. The maximum Gasteiger partial charge on any atom is 0.0355 e. The largest absolute Gasteiger partial charge is 0.264 e. The molecule has 1 aliphatic carbocycles. The second-order valence-electron chi connectivity index (χ2n) is 15.2. The maximum atomic E-state index is 4.35. The standard InChI is InChI=1S/C25H21N.C16H18S.C11H10/c1-16-10-11-20-22(13-16)25(2,3)23-14-21(17-7-6-12-26-15-17)18-8-4-5-9-19(18)24(20)23;1-5-7-13-14-10-12(11(3)4)8-9-16(14)17-15(13)6-2;1-9-6-7-10-4-2-3-5-11(10)8-9/h4-15H,1-3H3;5-11H,2H2,1,3-4H3;2-8H,1H3/b;7-5-;. The Hall–Kier alpha value is -5.57. The van der Waals surface area contributed by atoms with Gasteiger partial charge in [0, 0.05) is 38.3 Å². The number of benzene rings is 6. The Morgan fingerprint density at radius 2 is 1.41 bits per heavy atom. The molecule has 0 amide bonds. The molecule has 1 aliphatic rings. The van der Waals surface area contributed by atoms with E-state index >= 15 is 0 Å². The van der Waals surface area contributed by atoms with Crippen LogP contribution in [0.25, 0.3) is 66.0 Å². The summed E-state index contributed by atoms with van der Waals surface area (Å²) in [4.78, 5) is 5.61. The third-order valence-electron chi connectivity index (χ3n) is 10.7. The summed E-state index contributed by atoms with van der Waals surface area (Å²) in [6, 6.07) is 43.9. The lowest BCUT2D eigenvalue weighted by Gasteiger charge is -2.23. The van der Waals surface area contributed by atoms with E-state index in [9.17, 15) is 0 Å². The molecule has 2 heteroatoms. The van der Waals surface area contributed by atoms with Crippen LogP contribution in [0.3, 0.4) is 0 Å². The molecule has 2 heterocycles. The van der Waals surface area contributed by atoms with Crippen LogP contribution in [0, 0.1) is 13.8 Å². The normalized spacial score (nSPS) is 12.7. The molecule has 0 bridgehead atoms. The first-order chi connectivity index (χ1) is 26.1. The van der Waals surface area contributed by atoms with Crippen molar-refractivity contribution >= 4 is 55.1 Å². The predicted octanol–water partition coefficient (Wildman–Crippen LogP) is 15.4. The summed E-state index contributed by atoms with van der Waals surface area (Å²) < 4.78 is 1.34. The van der Waals surface area contributed by atoms with Crippen molar-refractivity contribution in [1.29, 1.82) is 0 Å². The fourth-order valence-electron chi connectivity index (χ4n) is 7.77. The van der Waals surface area contributed by atoms with Gasteiger partial charge >= 0.3 is 0 Å². The molecule has 1 nitrogen and oxygen atoms in total. The Balaban J connectivity index is 0.000000138. The van der Waals surface area contributed by atoms with Gasteiger partial charge in [0.2, 0.25) is 0 Å². The number of allylic oxidation sites excluding steroid dienone is 1. The molecule has 6 aromatic carbocycles. The molecule has 2 aromatic heterocycles. The van der Waals surface area contributed by atoms with Crippen molar-refractivity contribution in [2.24, 2.45) is 0 Å². The van der Waals surface area contributed by atoms with Crippen LogP contribution in [-0.4, -0.2) is 4.98 Å². The molecule has 268 valence electrons. The van der Waals surface area contributed by atoms with E-state index in [4.69, 9.17) is 0 Å². The molecule has 54 heavy (non-hydrogen) atoms. The number of pyridine rings is 1. The van der Waals surface area contributed by atoms with E-state index in [1.165, 1.54) is 92.1 Å². The molecule has 0 aliphatic heterocycles. The number of rotatable bonds is 4. The summed E-state index contributed by atoms with van der Waals surface area (Å²) in [6.07, 6.45) is 10.0. The Labute approximate surface area is 325 Å². The van der Waals surface area contributed by atoms with Crippen molar-refractivity contribution in [3.05, 3.63) is 185 Å². The second-order valence-corrected chi connectivity index (χ2v) is 16.2. The molecule has 0 unspecified atom stereocenters. The van der Waals surface area contributed by atoms with Gasteiger partial charge in [-0.3, -0.25) is 4.98 Å². The van der Waals surface area contributed by atoms with Crippen LogP contribution in [0.4, 0.5) is 0 Å². The highest BCUT2D eigenvalue weighted by atomic mass is 32.1. The van der Waals surface area contributed by atoms with Gasteiger partial charge in [0.15, 0.2) is 0 Å². The second kappa shape index (κ2) is 15.4. The van der Waals surface area contributed by atoms with Crippen LogP contribution >= 0.6 is 11.3 Å². The zero-order valence-corrected chi connectivity index (χ0v) is 33.4. The number of fused-ring (bicyclic) bond motifs is 7. The van der Waals surface area contributed by atoms with E-state index < -0.39 is 0 Å². The summed E-state index contributed by atoms with van der Waals surface area (Å²) in [5.74, 6) is 0.574. The smallest absolute Gasteiger partial charge is 0.0355 e. The highest BCUT2D eigenvalue weighted by Gasteiger charge is 2.37. The Bertz CT molecular complexity index is 2650. The van der Waals surface area contributed by atoms with Gasteiger partial charge in [0.05, 0.1) is 0 Å². The zero-order chi connectivity index (χ0) is 38.0. The molecular weight excluding hydrogens is 671 g/mol. The van der Waals surface area contributed by atoms with Gasteiger partial charge in [0.1, 0.15) is 0 Å². The van der Waals surface area contributed by atoms with E-state index in [1.54, 1.807) is 0 Å². The SMILES string of the molecule is C=Cc1sc2ccc(C(C)C)cc2c1/C=C\C.Cc1ccc2c(c1)C(C)(C)c1cc(-c3cccnc3)c3ccccc3c1-2.Cc1ccc2ccccc2c1. The maximum absolute atomic E-state index is 4.35. The third-order valence-corrected chi connectivity index (χ3v) is 11.9. The van der Waals surface area contributed by atoms with Gasteiger partial charge in [0.25, 0.3) is 0 Å². The first kappa shape index (κ1) is 36.8. The lowest BCUT2D eigenvalue weighted by Crippen LogP contribution is -2.15. The van der Waals surface area contributed by atoms with Crippen LogP contribution in [0.1, 0.15) is 78.8 Å². The molecule has 0 radical (unpaired) electrons. The highest BCUT2D eigenvalue weighted by molar-refractivity contribution is 7.20. The number of thiophene rings is 1. The van der Waals surface area contributed by atoms with Crippen LogP contribution in [0.15, 0.2) is 146 Å². The van der Waals surface area contributed by atoms with Gasteiger partial charge in [-0.25, -0.2) is 0 Å². The van der Waals surface area contributed by atoms with E-state index in [0.29, 0.717) is 5.92 Å². The third kappa shape index (κ3) is 7.07. The minimum Gasteiger partial charge on any atom is -0.264 e. The van der Waals surface area contributed by atoms with Gasteiger partial charge in [-0.15, -0.1) is 11.3 Å². The van der Waals surface area contributed by atoms with E-state index in [0.717, 1.165) is 0 Å². The average molecular weight is 720 g/mol. The van der Waals surface area contributed by atoms with E-state index in [1.807, 2.05) is 35.9 Å². The van der Waals surface area contributed by atoms with Crippen LogP contribution in [-0.2, 0) is 5.41 Å². The van der Waals surface area contributed by atoms with Crippen molar-refractivity contribution in [2.45, 2.75) is 59.8 Å². The number of hydrogen-bond acceptors (Lipinski definition) is 2. The Morgan fingerprint density at radius 3 is 2.13 bits per heavy atom. The summed E-state index contributed by atoms with van der Waals surface area (Å²) in [5, 5.41) is 6.63. The van der Waals surface area contributed by atoms with Crippen molar-refractivity contribution in [3.8, 4) is 22.3 Å². The Kier molecular flexibility index (Phi) is 10.5. The van der Waals surface area contributed by atoms with E-state index in [2.05, 4.69) is 187 Å². The van der Waals surface area contributed by atoms with Crippen molar-refractivity contribution in [3.63, 3.8) is 0 Å². The number of nitrogens with zero attached hydrogens (tertiary/aromatic N) is 1. The molecule has 0 fully saturated rings. The van der Waals surface area contributed by atoms with Gasteiger partial charge in [-0.1, -0.05) is 161 Å². The van der Waals surface area contributed by atoms with Gasteiger partial charge < -0.3 is 0 Å². The first-order valence-corrected chi connectivity index (χ1v) is 19.8. The van der Waals surface area contributed by atoms with E-state index in [-0.39, 0.29) is 5.41 Å². The lowest BCUT2D eigenvalue weighted by molar-refractivity contribution is 0.660. The monoisotopic (exact) mass is 719 g/mol. The molecule has 0 saturated heterocycles. The van der Waals surface area contributed by atoms with Crippen molar-refractivity contribution in [2.75, 3.05) is 0 Å². The topological polar surface area (TPSA) is 12.9 Å². The first-order valence-electron chi connectivity index (χ1n) is 19.0. The molecule has 9 rings (SSSR count). The van der Waals surface area contributed by atoms with Gasteiger partial charge in [-0.05, 0) is 111 Å². The molecule has 8 aromatic rings. The van der Waals surface area contributed by atoms with Crippen molar-refractivity contribution in [1.82, 2.24) is 4.98 Å². The fraction of sp³-hybridized carbons (Fsp3) is 0.173. The minimum atomic E-state index is -0.00230. The van der Waals surface area contributed by atoms with Crippen molar-refractivity contribution < 1.29 is 0 Å². The van der Waals surface area contributed by atoms with Crippen LogP contribution < -0.4 is 0 Å². The number of aromatic nitrogens is 1. The summed E-state index contributed by atoms with van der Waals surface area (Å²) in [7, 11) is 0. The summed E-state index contributed by atoms with van der Waals surface area (Å²) in [6.45, 7) is 19.4. The molecule has 0 atom stereocenters. The predicted molar refractivity (Wildman–Crippen MR) is 239 cm³/mol. The van der Waals surface area contributed by atoms with Gasteiger partial charge in [-0.2, -0.15) is 0 Å². The Morgan fingerprint density at radius 1 is 0.685 bits per heavy atom. The molecular formula is C52H49NS. The zero-order valence-electron chi connectivity index (χ0n) is 32.6. The summed E-state index contributed by atoms with van der Waals surface area (Å²) >= 11 is 1.81. The quantitative estimate of drug-likeness (QED) is 0.176. The lowest BCUT2D eigenvalue weighted by atomic mass is 9.80. The molecule has 0 spiro atoms. The molecule has 0 saturated carbocycles.